The van der Waals surface area contributed by atoms with Gasteiger partial charge in [-0.1, -0.05) is 23.2 Å². The Morgan fingerprint density at radius 1 is 1.04 bits per heavy atom. The Kier molecular flexibility index (Phi) is 5.22. The van der Waals surface area contributed by atoms with Crippen LogP contribution >= 0.6 is 23.2 Å². The van der Waals surface area contributed by atoms with E-state index in [1.807, 2.05) is 0 Å². The molecule has 0 spiro atoms. The fraction of sp³-hybridized carbons (Fsp3) is 0.143. The number of nitrogens with one attached hydrogen (secondary N) is 1. The first-order chi connectivity index (χ1) is 11.0. The molecule has 4 nitrogen and oxygen atoms in total. The van der Waals surface area contributed by atoms with Crippen LogP contribution in [0.15, 0.2) is 41.3 Å². The number of sulfonamides is 1. The summed E-state index contributed by atoms with van der Waals surface area (Å²) in [5.74, 6) is -0.417. The van der Waals surface area contributed by atoms with E-state index in [1.165, 1.54) is 12.1 Å². The molecule has 0 radical (unpaired) electrons. The van der Waals surface area contributed by atoms with E-state index in [2.05, 4.69) is 9.46 Å². The van der Waals surface area contributed by atoms with Crippen molar-refractivity contribution in [3.63, 3.8) is 0 Å². The minimum Gasteiger partial charge on any atom is -0.496 e. The minimum atomic E-state index is -4.70. The zero-order valence-corrected chi connectivity index (χ0v) is 14.3. The highest BCUT2D eigenvalue weighted by Gasteiger charge is 2.34. The molecule has 130 valence electrons. The third-order valence-electron chi connectivity index (χ3n) is 2.96. The van der Waals surface area contributed by atoms with E-state index in [0.29, 0.717) is 6.07 Å². The fourth-order valence-electron chi connectivity index (χ4n) is 1.85. The molecule has 0 unspecified atom stereocenters. The SMILES string of the molecule is COc1ccc(NS(=O)(=O)c2ccc(Cl)c(Cl)c2)cc1C(F)(F)F. The van der Waals surface area contributed by atoms with Crippen LogP contribution in [0.5, 0.6) is 5.75 Å². The molecule has 0 saturated carbocycles. The van der Waals surface area contributed by atoms with Gasteiger partial charge in [-0.05, 0) is 36.4 Å². The van der Waals surface area contributed by atoms with Crippen LogP contribution < -0.4 is 9.46 Å². The molecule has 0 heterocycles. The summed E-state index contributed by atoms with van der Waals surface area (Å²) in [6.45, 7) is 0. The molecular formula is C14H10Cl2F3NO3S. The average Bonchev–Trinajstić information content (AvgIpc) is 2.48. The second-order valence-corrected chi connectivity index (χ2v) is 7.09. The molecule has 0 aromatic heterocycles. The van der Waals surface area contributed by atoms with Crippen molar-refractivity contribution in [2.75, 3.05) is 11.8 Å². The number of methoxy groups -OCH3 is 1. The Morgan fingerprint density at radius 2 is 1.71 bits per heavy atom. The van der Waals surface area contributed by atoms with Crippen molar-refractivity contribution in [3.8, 4) is 5.75 Å². The highest BCUT2D eigenvalue weighted by atomic mass is 35.5. The monoisotopic (exact) mass is 399 g/mol. The standard InChI is InChI=1S/C14H10Cl2F3NO3S/c1-23-13-5-2-8(6-10(13)14(17,18)19)20-24(21,22)9-3-4-11(15)12(16)7-9/h2-7,20H,1H3. The molecule has 0 aliphatic rings. The van der Waals surface area contributed by atoms with Crippen molar-refractivity contribution in [1.29, 1.82) is 0 Å². The van der Waals surface area contributed by atoms with Crippen LogP contribution in [0.2, 0.25) is 10.0 Å². The number of ether oxygens (including phenoxy) is 1. The number of hydrogen-bond acceptors (Lipinski definition) is 3. The van der Waals surface area contributed by atoms with Gasteiger partial charge in [-0.3, -0.25) is 4.72 Å². The summed E-state index contributed by atoms with van der Waals surface area (Å²) >= 11 is 11.5. The van der Waals surface area contributed by atoms with Crippen LogP contribution in [0.25, 0.3) is 0 Å². The van der Waals surface area contributed by atoms with E-state index in [-0.39, 0.29) is 20.6 Å². The van der Waals surface area contributed by atoms with E-state index in [4.69, 9.17) is 23.2 Å². The molecule has 0 aliphatic carbocycles. The summed E-state index contributed by atoms with van der Waals surface area (Å²) in [5, 5.41) is 0.157. The van der Waals surface area contributed by atoms with E-state index in [9.17, 15) is 21.6 Å². The lowest BCUT2D eigenvalue weighted by Gasteiger charge is -2.14. The molecule has 24 heavy (non-hydrogen) atoms. The van der Waals surface area contributed by atoms with Gasteiger partial charge in [0.2, 0.25) is 0 Å². The zero-order chi connectivity index (χ0) is 18.1. The minimum absolute atomic E-state index is 0.00486. The highest BCUT2D eigenvalue weighted by Crippen LogP contribution is 2.38. The number of benzene rings is 2. The maximum absolute atomic E-state index is 13.0. The quantitative estimate of drug-likeness (QED) is 0.801. The number of rotatable bonds is 4. The van der Waals surface area contributed by atoms with Crippen LogP contribution in [-0.4, -0.2) is 15.5 Å². The van der Waals surface area contributed by atoms with Crippen LogP contribution in [0.4, 0.5) is 18.9 Å². The van der Waals surface area contributed by atoms with Crippen molar-refractivity contribution in [3.05, 3.63) is 52.0 Å². The molecule has 2 aromatic rings. The van der Waals surface area contributed by atoms with Crippen LogP contribution in [0.3, 0.4) is 0 Å². The second kappa shape index (κ2) is 6.70. The molecule has 0 atom stereocenters. The van der Waals surface area contributed by atoms with Crippen LogP contribution in [0, 0.1) is 0 Å². The largest absolute Gasteiger partial charge is 0.496 e. The van der Waals surface area contributed by atoms with Crippen molar-refractivity contribution in [1.82, 2.24) is 0 Å². The summed E-state index contributed by atoms with van der Waals surface area (Å²) in [7, 11) is -3.05. The molecule has 0 aliphatic heterocycles. The van der Waals surface area contributed by atoms with E-state index in [1.54, 1.807) is 0 Å². The second-order valence-electron chi connectivity index (χ2n) is 4.59. The van der Waals surface area contributed by atoms with Crippen LogP contribution in [-0.2, 0) is 16.2 Å². The Morgan fingerprint density at radius 3 is 2.25 bits per heavy atom. The van der Waals surface area contributed by atoms with E-state index >= 15 is 0 Å². The summed E-state index contributed by atoms with van der Waals surface area (Å²) in [6, 6.07) is 6.38. The van der Waals surface area contributed by atoms with E-state index < -0.39 is 27.5 Å². The first-order valence-corrected chi connectivity index (χ1v) is 8.51. The first kappa shape index (κ1) is 18.7. The third-order valence-corrected chi connectivity index (χ3v) is 5.08. The summed E-state index contributed by atoms with van der Waals surface area (Å²) in [4.78, 5) is -0.235. The maximum Gasteiger partial charge on any atom is 0.420 e. The highest BCUT2D eigenvalue weighted by molar-refractivity contribution is 7.92. The van der Waals surface area contributed by atoms with Gasteiger partial charge in [0.05, 0.1) is 27.6 Å². The smallest absolute Gasteiger partial charge is 0.420 e. The molecule has 1 N–H and O–H groups in total. The number of hydrogen-bond donors (Lipinski definition) is 1. The van der Waals surface area contributed by atoms with Crippen LogP contribution in [0.1, 0.15) is 5.56 Å². The topological polar surface area (TPSA) is 55.4 Å². The third kappa shape index (κ3) is 4.06. The molecule has 0 bridgehead atoms. The molecule has 0 fully saturated rings. The lowest BCUT2D eigenvalue weighted by molar-refractivity contribution is -0.138. The van der Waals surface area contributed by atoms with Gasteiger partial charge >= 0.3 is 6.18 Å². The van der Waals surface area contributed by atoms with Crippen molar-refractivity contribution in [2.45, 2.75) is 11.1 Å². The van der Waals surface area contributed by atoms with E-state index in [0.717, 1.165) is 25.3 Å². The van der Waals surface area contributed by atoms with Gasteiger partial charge in [0.15, 0.2) is 0 Å². The maximum atomic E-state index is 13.0. The summed E-state index contributed by atoms with van der Waals surface area (Å²) in [5.41, 5.74) is -1.37. The van der Waals surface area contributed by atoms with Gasteiger partial charge in [-0.15, -0.1) is 0 Å². The molecular weight excluding hydrogens is 390 g/mol. The molecule has 10 heteroatoms. The van der Waals surface area contributed by atoms with Crippen molar-refractivity contribution in [2.24, 2.45) is 0 Å². The number of anilines is 1. The van der Waals surface area contributed by atoms with Gasteiger partial charge in [-0.2, -0.15) is 13.2 Å². The normalized spacial score (nSPS) is 12.1. The van der Waals surface area contributed by atoms with Crippen molar-refractivity contribution < 1.29 is 26.3 Å². The Labute approximate surface area is 146 Å². The van der Waals surface area contributed by atoms with Crippen molar-refractivity contribution >= 4 is 38.9 Å². The number of alkyl halides is 3. The molecule has 0 saturated heterocycles. The molecule has 2 rings (SSSR count). The Balaban J connectivity index is 2.41. The lowest BCUT2D eigenvalue weighted by atomic mass is 10.1. The van der Waals surface area contributed by atoms with Gasteiger partial charge in [-0.25, -0.2) is 8.42 Å². The summed E-state index contributed by atoms with van der Waals surface area (Å²) < 4.78 is 70.1. The Bertz CT molecular complexity index is 870. The fourth-order valence-corrected chi connectivity index (χ4v) is 3.29. The van der Waals surface area contributed by atoms with Gasteiger partial charge < -0.3 is 4.74 Å². The van der Waals surface area contributed by atoms with Gasteiger partial charge in [0, 0.05) is 5.69 Å². The lowest BCUT2D eigenvalue weighted by Crippen LogP contribution is -2.14. The predicted molar refractivity (Wildman–Crippen MR) is 85.3 cm³/mol. The predicted octanol–water partition coefficient (Wildman–Crippen LogP) is 4.82. The zero-order valence-electron chi connectivity index (χ0n) is 12.0. The van der Waals surface area contributed by atoms with Gasteiger partial charge in [0.25, 0.3) is 10.0 Å². The first-order valence-electron chi connectivity index (χ1n) is 6.27. The molecule has 0 amide bonds. The molecule has 2 aromatic carbocycles. The number of halogens is 5. The average molecular weight is 400 g/mol. The van der Waals surface area contributed by atoms with Gasteiger partial charge in [0.1, 0.15) is 5.75 Å². The Hall–Kier alpha value is -1.64. The summed E-state index contributed by atoms with van der Waals surface area (Å²) in [6.07, 6.45) is -4.70.